The van der Waals surface area contributed by atoms with Gasteiger partial charge in [-0.1, -0.05) is 59.7 Å². The van der Waals surface area contributed by atoms with Crippen molar-refractivity contribution in [2.24, 2.45) is 0 Å². The first-order chi connectivity index (χ1) is 12.6. The summed E-state index contributed by atoms with van der Waals surface area (Å²) in [5, 5.41) is 8.16. The third-order valence-electron chi connectivity index (χ3n) is 4.87. The predicted octanol–water partition coefficient (Wildman–Crippen LogP) is 3.59. The second kappa shape index (κ2) is 6.79. The molecule has 1 aliphatic rings. The first-order valence-electron chi connectivity index (χ1n) is 9.10. The first kappa shape index (κ1) is 16.6. The molecule has 1 aliphatic heterocycles. The maximum absolute atomic E-state index is 8.16. The molecule has 0 amide bonds. The number of nitrogens with one attached hydrogen (secondary N) is 1. The average Bonchev–Trinajstić information content (AvgIpc) is 2.98. The van der Waals surface area contributed by atoms with Gasteiger partial charge in [-0.25, -0.2) is 0 Å². The van der Waals surface area contributed by atoms with Crippen LogP contribution < -0.4 is 10.4 Å². The molecule has 2 aromatic carbocycles. The lowest BCUT2D eigenvalue weighted by Gasteiger charge is -2.19. The van der Waals surface area contributed by atoms with Crippen molar-refractivity contribution < 1.29 is 0 Å². The normalized spacial score (nSPS) is 13.1. The molecule has 1 N–H and O–H groups in total. The largest absolute Gasteiger partial charge is 0.336 e. The molecule has 1 aromatic heterocycles. The van der Waals surface area contributed by atoms with Crippen LogP contribution in [0.2, 0.25) is 0 Å². The van der Waals surface area contributed by atoms with Crippen molar-refractivity contribution in [1.82, 2.24) is 9.55 Å². The number of anilines is 1. The number of aromatic nitrogens is 2. The summed E-state index contributed by atoms with van der Waals surface area (Å²) >= 11 is 0. The van der Waals surface area contributed by atoms with Gasteiger partial charge in [0.1, 0.15) is 5.49 Å². The summed E-state index contributed by atoms with van der Waals surface area (Å²) in [7, 11) is 0. The Morgan fingerprint density at radius 3 is 2.38 bits per heavy atom. The quantitative estimate of drug-likeness (QED) is 0.786. The van der Waals surface area contributed by atoms with Crippen LogP contribution in [0.4, 0.5) is 5.95 Å². The minimum absolute atomic E-state index is 0.342. The summed E-state index contributed by atoms with van der Waals surface area (Å²) in [6.45, 7) is 6.98. The van der Waals surface area contributed by atoms with Crippen LogP contribution in [0.3, 0.4) is 0 Å². The smallest absolute Gasteiger partial charge is 0.208 e. The number of hydrogen-bond acceptors (Lipinski definition) is 3. The zero-order valence-corrected chi connectivity index (χ0v) is 15.4. The van der Waals surface area contributed by atoms with E-state index in [2.05, 4.69) is 70.8 Å². The summed E-state index contributed by atoms with van der Waals surface area (Å²) in [6.07, 6.45) is 0.833. The topological polar surface area (TPSA) is 44.9 Å². The highest BCUT2D eigenvalue weighted by Crippen LogP contribution is 2.23. The van der Waals surface area contributed by atoms with Crippen LogP contribution in [0, 0.1) is 19.3 Å². The lowest BCUT2D eigenvalue weighted by atomic mass is 10.1. The summed E-state index contributed by atoms with van der Waals surface area (Å²) in [5.41, 5.74) is 6.65. The maximum Gasteiger partial charge on any atom is 0.208 e. The first-order valence-corrected chi connectivity index (χ1v) is 9.10. The Kier molecular flexibility index (Phi) is 4.33. The highest BCUT2D eigenvalue weighted by molar-refractivity contribution is 5.40. The van der Waals surface area contributed by atoms with E-state index in [4.69, 9.17) is 5.41 Å². The fourth-order valence-electron chi connectivity index (χ4n) is 3.85. The zero-order valence-electron chi connectivity index (χ0n) is 15.4. The van der Waals surface area contributed by atoms with Crippen LogP contribution in [0.1, 0.15) is 27.9 Å². The molecule has 3 aromatic rings. The molecular weight excluding hydrogens is 320 g/mol. The number of nitrogens with zero attached hydrogens (tertiary/aromatic N) is 3. The lowest BCUT2D eigenvalue weighted by molar-refractivity contribution is 0.729. The number of benzene rings is 2. The van der Waals surface area contributed by atoms with Gasteiger partial charge in [-0.15, -0.1) is 0 Å². The highest BCUT2D eigenvalue weighted by Gasteiger charge is 2.22. The fourth-order valence-corrected chi connectivity index (χ4v) is 3.85. The molecule has 0 aliphatic carbocycles. The van der Waals surface area contributed by atoms with Gasteiger partial charge in [-0.3, -0.25) is 5.41 Å². The molecule has 4 heteroatoms. The van der Waals surface area contributed by atoms with Gasteiger partial charge >= 0.3 is 0 Å². The minimum Gasteiger partial charge on any atom is -0.336 e. The molecule has 0 atom stereocenters. The van der Waals surface area contributed by atoms with Gasteiger partial charge in [-0.2, -0.15) is 4.98 Å². The van der Waals surface area contributed by atoms with E-state index in [1.54, 1.807) is 0 Å². The van der Waals surface area contributed by atoms with E-state index in [1.807, 2.05) is 12.1 Å². The molecule has 132 valence electrons. The molecule has 0 radical (unpaired) electrons. The Morgan fingerprint density at radius 1 is 0.923 bits per heavy atom. The van der Waals surface area contributed by atoms with Crippen LogP contribution >= 0.6 is 0 Å². The Labute approximate surface area is 154 Å². The molecule has 0 bridgehead atoms. The highest BCUT2D eigenvalue weighted by atomic mass is 15.4. The summed E-state index contributed by atoms with van der Waals surface area (Å²) in [4.78, 5) is 6.83. The van der Waals surface area contributed by atoms with Crippen molar-refractivity contribution in [1.29, 1.82) is 5.41 Å². The molecule has 4 nitrogen and oxygen atoms in total. The van der Waals surface area contributed by atoms with Crippen molar-refractivity contribution >= 4 is 5.95 Å². The van der Waals surface area contributed by atoms with E-state index in [-0.39, 0.29) is 0 Å². The van der Waals surface area contributed by atoms with Gasteiger partial charge < -0.3 is 9.47 Å². The molecule has 0 fully saturated rings. The van der Waals surface area contributed by atoms with Gasteiger partial charge in [0.25, 0.3) is 0 Å². The fraction of sp³-hybridized carbons (Fsp3) is 0.273. The maximum atomic E-state index is 8.16. The van der Waals surface area contributed by atoms with E-state index in [0.29, 0.717) is 5.49 Å². The molecule has 0 unspecified atom stereocenters. The summed E-state index contributed by atoms with van der Waals surface area (Å²) < 4.78 is 2.27. The van der Waals surface area contributed by atoms with Crippen LogP contribution in [0.15, 0.2) is 54.6 Å². The number of rotatable bonds is 4. The average molecular weight is 344 g/mol. The van der Waals surface area contributed by atoms with Crippen LogP contribution in [0.25, 0.3) is 0 Å². The number of aryl methyl sites for hydroxylation is 2. The van der Waals surface area contributed by atoms with E-state index >= 15 is 0 Å². The van der Waals surface area contributed by atoms with E-state index in [0.717, 1.165) is 37.7 Å². The molecule has 26 heavy (non-hydrogen) atoms. The predicted molar refractivity (Wildman–Crippen MR) is 104 cm³/mol. The third-order valence-corrected chi connectivity index (χ3v) is 4.87. The van der Waals surface area contributed by atoms with Crippen molar-refractivity contribution in [3.63, 3.8) is 0 Å². The van der Waals surface area contributed by atoms with E-state index in [1.165, 1.54) is 22.3 Å². The Balaban J connectivity index is 1.65. The van der Waals surface area contributed by atoms with Crippen LogP contribution in [-0.4, -0.2) is 16.1 Å². The van der Waals surface area contributed by atoms with Gasteiger partial charge in [0.2, 0.25) is 5.95 Å². The molecule has 0 saturated carbocycles. The van der Waals surface area contributed by atoms with Crippen molar-refractivity contribution in [2.75, 3.05) is 11.4 Å². The molecule has 0 spiro atoms. The minimum atomic E-state index is 0.342. The second-order valence-corrected chi connectivity index (χ2v) is 7.16. The molecule has 0 saturated heterocycles. The lowest BCUT2D eigenvalue weighted by Crippen LogP contribution is -2.23. The van der Waals surface area contributed by atoms with Crippen molar-refractivity contribution in [2.45, 2.75) is 33.4 Å². The van der Waals surface area contributed by atoms with Crippen LogP contribution in [-0.2, 0) is 19.5 Å². The standard InChI is InChI=1S/C22H24N4/c1-16-10-17(2)12-19(11-16)15-25-8-9-26-20(14-21(23)24-22(25)26)13-18-6-4-3-5-7-18/h3-7,10-12,14,23H,8-9,13,15H2,1-2H3. The Morgan fingerprint density at radius 2 is 1.65 bits per heavy atom. The summed E-state index contributed by atoms with van der Waals surface area (Å²) in [5.74, 6) is 0.919. The van der Waals surface area contributed by atoms with E-state index in [9.17, 15) is 0 Å². The second-order valence-electron chi connectivity index (χ2n) is 7.16. The Bertz CT molecular complexity index is 969. The van der Waals surface area contributed by atoms with Crippen LogP contribution in [0.5, 0.6) is 0 Å². The molecule has 4 rings (SSSR count). The third kappa shape index (κ3) is 3.40. The molecule has 2 heterocycles. The number of hydrogen-bond donors (Lipinski definition) is 1. The van der Waals surface area contributed by atoms with Gasteiger partial charge in [0.05, 0.1) is 0 Å². The zero-order chi connectivity index (χ0) is 18.1. The number of fused-ring (bicyclic) bond motifs is 1. The van der Waals surface area contributed by atoms with Gasteiger partial charge in [0, 0.05) is 37.8 Å². The van der Waals surface area contributed by atoms with Crippen molar-refractivity contribution in [3.05, 3.63) is 88.0 Å². The van der Waals surface area contributed by atoms with E-state index < -0.39 is 0 Å². The molecular formula is C22H24N4. The monoisotopic (exact) mass is 344 g/mol. The van der Waals surface area contributed by atoms with Crippen molar-refractivity contribution in [3.8, 4) is 0 Å². The van der Waals surface area contributed by atoms with Gasteiger partial charge in [0.15, 0.2) is 0 Å². The summed E-state index contributed by atoms with van der Waals surface area (Å²) in [6, 6.07) is 19.0. The Hall–Kier alpha value is -2.88. The SMILES string of the molecule is Cc1cc(C)cc(CN2CCn3c(Cc4ccccc4)cc(=N)nc32)c1. The van der Waals surface area contributed by atoms with Gasteiger partial charge in [-0.05, 0) is 25.0 Å².